The van der Waals surface area contributed by atoms with Crippen molar-refractivity contribution in [2.75, 3.05) is 9.80 Å². The number of rotatable bonds is 5. The Morgan fingerprint density at radius 1 is 0.266 bits per heavy atom. The molecule has 0 amide bonds. The second-order valence-corrected chi connectivity index (χ2v) is 21.3. The van der Waals surface area contributed by atoms with E-state index in [0.717, 1.165) is 39.4 Å². The Hall–Kier alpha value is -10.4. The molecule has 0 unspecified atom stereocenters. The molecule has 0 atom stereocenters. The molecule has 0 bridgehead atoms. The molecule has 0 N–H and O–H groups in total. The van der Waals surface area contributed by atoms with Gasteiger partial charge in [0.05, 0.1) is 0 Å². The van der Waals surface area contributed by atoms with Crippen molar-refractivity contribution in [2.24, 2.45) is 0 Å². The number of anilines is 6. The minimum atomic E-state index is -0.205. The van der Waals surface area contributed by atoms with Gasteiger partial charge in [-0.2, -0.15) is 0 Å². The molecule has 1 aromatic heterocycles. The number of hydrogen-bond acceptors (Lipinski definition) is 5. The number of para-hydroxylation sites is 2. The third-order valence-corrected chi connectivity index (χ3v) is 17.3. The molecular formula is C73H42BN5. The first kappa shape index (κ1) is 42.8. The largest absolute Gasteiger partial charge is 0.311 e. The molecule has 0 radical (unpaired) electrons. The normalized spacial score (nSPS) is 13.0. The zero-order valence-corrected chi connectivity index (χ0v) is 42.6. The summed E-state index contributed by atoms with van der Waals surface area (Å²) in [7, 11) is 0. The van der Waals surface area contributed by atoms with E-state index in [0.29, 0.717) is 17.5 Å². The summed E-state index contributed by atoms with van der Waals surface area (Å²) >= 11 is 0. The van der Waals surface area contributed by atoms with E-state index in [1.54, 1.807) is 0 Å². The summed E-state index contributed by atoms with van der Waals surface area (Å²) in [5, 5.41) is 20.2. The lowest BCUT2D eigenvalue weighted by Crippen LogP contribution is -2.61. The Balaban J connectivity index is 1.05. The quantitative estimate of drug-likeness (QED) is 0.0977. The van der Waals surface area contributed by atoms with Gasteiger partial charge in [0.1, 0.15) is 0 Å². The van der Waals surface area contributed by atoms with E-state index in [2.05, 4.69) is 228 Å². The fourth-order valence-electron chi connectivity index (χ4n) is 14.1. The van der Waals surface area contributed by atoms with Crippen molar-refractivity contribution in [3.05, 3.63) is 255 Å². The third-order valence-electron chi connectivity index (χ3n) is 17.3. The standard InChI is InChI=1S/C73H42BN5/c1-5-19-45(20-6-1)71-75-72(46-21-7-2-8-22-46)77-73(76-71)47-39-62-68-63(40-47)79(49-29-11-4-12-30-49)70-57-38-18-36-53-51-32-14-24-44-26-16-34-55(65(44)51)59(67(53)57)42-61(70)74(68)60-41-58-54-33-15-25-43-23-13-31-50(64(43)54)52-35-17-37-56(66(52)58)69(60)78(62)48-27-9-3-10-28-48/h1-42H. The number of aromatic nitrogens is 3. The lowest BCUT2D eigenvalue weighted by Gasteiger charge is -2.45. The fraction of sp³-hybridized carbons (Fsp3) is 0. The maximum atomic E-state index is 5.45. The van der Waals surface area contributed by atoms with Crippen LogP contribution in [0.5, 0.6) is 0 Å². The molecule has 5 nitrogen and oxygen atoms in total. The van der Waals surface area contributed by atoms with Crippen LogP contribution in [-0.4, -0.2) is 21.7 Å². The van der Waals surface area contributed by atoms with Gasteiger partial charge in [-0.1, -0.05) is 218 Å². The van der Waals surface area contributed by atoms with Crippen LogP contribution in [0.25, 0.3) is 120 Å². The van der Waals surface area contributed by atoms with E-state index in [4.69, 9.17) is 15.0 Å². The highest BCUT2D eigenvalue weighted by molar-refractivity contribution is 7.01. The highest BCUT2D eigenvalue weighted by atomic mass is 15.2. The van der Waals surface area contributed by atoms with Gasteiger partial charge in [-0.15, -0.1) is 0 Å². The van der Waals surface area contributed by atoms with E-state index >= 15 is 0 Å². The monoisotopic (exact) mass is 999 g/mol. The summed E-state index contributed by atoms with van der Waals surface area (Å²) in [4.78, 5) is 21.2. The minimum Gasteiger partial charge on any atom is -0.311 e. The van der Waals surface area contributed by atoms with Gasteiger partial charge in [0.2, 0.25) is 0 Å². The summed E-state index contributed by atoms with van der Waals surface area (Å²) in [6, 6.07) is 93.7. The van der Waals surface area contributed by atoms with Crippen molar-refractivity contribution in [3.63, 3.8) is 0 Å². The smallest absolute Gasteiger partial charge is 0.252 e. The molecule has 15 aromatic carbocycles. The highest BCUT2D eigenvalue weighted by Gasteiger charge is 2.46. The average Bonchev–Trinajstić information content (AvgIpc) is 3.66. The molecule has 3 heterocycles. The maximum absolute atomic E-state index is 5.45. The van der Waals surface area contributed by atoms with Crippen LogP contribution >= 0.6 is 0 Å². The Kier molecular flexibility index (Phi) is 8.69. The van der Waals surface area contributed by atoms with Gasteiger partial charge in [-0.25, -0.2) is 15.0 Å². The molecule has 0 saturated carbocycles. The lowest BCUT2D eigenvalue weighted by molar-refractivity contribution is 1.07. The summed E-state index contributed by atoms with van der Waals surface area (Å²) in [6.45, 7) is -0.205. The minimum absolute atomic E-state index is 0.205. The van der Waals surface area contributed by atoms with Crippen LogP contribution < -0.4 is 26.2 Å². The molecule has 0 aliphatic carbocycles. The Morgan fingerprint density at radius 3 is 1.00 bits per heavy atom. The molecule has 79 heavy (non-hydrogen) atoms. The van der Waals surface area contributed by atoms with Crippen molar-refractivity contribution in [2.45, 2.75) is 0 Å². The second kappa shape index (κ2) is 16.1. The van der Waals surface area contributed by atoms with Crippen LogP contribution in [0, 0.1) is 0 Å². The maximum Gasteiger partial charge on any atom is 0.252 e. The molecular weight excluding hydrogens is 958 g/mol. The van der Waals surface area contributed by atoms with Crippen LogP contribution in [0.2, 0.25) is 0 Å². The van der Waals surface area contributed by atoms with Crippen molar-refractivity contribution >= 4 is 143 Å². The Morgan fingerprint density at radius 2 is 0.595 bits per heavy atom. The first-order valence-electron chi connectivity index (χ1n) is 27.2. The lowest BCUT2D eigenvalue weighted by atomic mass is 9.33. The highest BCUT2D eigenvalue weighted by Crippen LogP contribution is 2.53. The number of fused-ring (bicyclic) bond motifs is 10. The summed E-state index contributed by atoms with van der Waals surface area (Å²) in [5.41, 5.74) is 13.2. The molecule has 362 valence electrons. The number of nitrogens with zero attached hydrogens (tertiary/aromatic N) is 5. The zero-order chi connectivity index (χ0) is 51.4. The Labute approximate surface area is 454 Å². The van der Waals surface area contributed by atoms with Gasteiger partial charge in [0, 0.05) is 61.6 Å². The van der Waals surface area contributed by atoms with Gasteiger partial charge in [-0.3, -0.25) is 0 Å². The number of hydrogen-bond donors (Lipinski definition) is 0. The predicted molar refractivity (Wildman–Crippen MR) is 333 cm³/mol. The first-order chi connectivity index (χ1) is 39.2. The number of benzene rings is 15. The van der Waals surface area contributed by atoms with E-state index in [-0.39, 0.29) is 6.71 Å². The van der Waals surface area contributed by atoms with E-state index < -0.39 is 0 Å². The second-order valence-electron chi connectivity index (χ2n) is 21.3. The summed E-state index contributed by atoms with van der Waals surface area (Å²) in [6.07, 6.45) is 0. The topological polar surface area (TPSA) is 45.2 Å². The SMILES string of the molecule is c1ccc(-c2nc(-c3ccccc3)nc(-c3cc4c5c(c3)N(c3ccccc3)c3c(cc6c7cccc8cccc(c9cccc3c96)c87)B5c3cc5c6cccc7cccc(c8cccc(c3N4c3ccccc3)c85)c76)n2)cc1. The van der Waals surface area contributed by atoms with Gasteiger partial charge in [0.25, 0.3) is 6.71 Å². The first-order valence-corrected chi connectivity index (χ1v) is 27.2. The van der Waals surface area contributed by atoms with Crippen molar-refractivity contribution in [1.82, 2.24) is 15.0 Å². The van der Waals surface area contributed by atoms with Crippen molar-refractivity contribution < 1.29 is 0 Å². The van der Waals surface area contributed by atoms with E-state index in [1.165, 1.54) is 114 Å². The van der Waals surface area contributed by atoms with Gasteiger partial charge in [0.15, 0.2) is 17.5 Å². The van der Waals surface area contributed by atoms with Crippen molar-refractivity contribution in [3.8, 4) is 34.2 Å². The van der Waals surface area contributed by atoms with Crippen molar-refractivity contribution in [1.29, 1.82) is 0 Å². The predicted octanol–water partition coefficient (Wildman–Crippen LogP) is 17.1. The van der Waals surface area contributed by atoms with E-state index in [9.17, 15) is 0 Å². The molecule has 18 rings (SSSR count). The fourth-order valence-corrected chi connectivity index (χ4v) is 14.1. The molecule has 2 aliphatic heterocycles. The van der Waals surface area contributed by atoms with Gasteiger partial charge >= 0.3 is 0 Å². The third kappa shape index (κ3) is 5.92. The van der Waals surface area contributed by atoms with Gasteiger partial charge < -0.3 is 9.80 Å². The van der Waals surface area contributed by atoms with E-state index in [1.807, 2.05) is 36.4 Å². The van der Waals surface area contributed by atoms with Crippen LogP contribution in [0.1, 0.15) is 0 Å². The zero-order valence-electron chi connectivity index (χ0n) is 42.6. The summed E-state index contributed by atoms with van der Waals surface area (Å²) < 4.78 is 0. The summed E-state index contributed by atoms with van der Waals surface area (Å²) in [5.74, 6) is 1.84. The molecule has 2 aliphatic rings. The molecule has 0 spiro atoms. The molecule has 0 saturated heterocycles. The van der Waals surface area contributed by atoms with Crippen LogP contribution in [-0.2, 0) is 0 Å². The Bertz CT molecular complexity index is 4870. The molecule has 6 heteroatoms. The van der Waals surface area contributed by atoms with Crippen LogP contribution in [0.15, 0.2) is 255 Å². The van der Waals surface area contributed by atoms with Crippen LogP contribution in [0.4, 0.5) is 34.1 Å². The average molecular weight is 1000 g/mol. The van der Waals surface area contributed by atoms with Gasteiger partial charge in [-0.05, 0) is 128 Å². The van der Waals surface area contributed by atoms with Crippen LogP contribution in [0.3, 0.4) is 0 Å². The molecule has 16 aromatic rings. The molecule has 0 fully saturated rings.